The minimum Gasteiger partial charge on any atom is -0.352 e. The van der Waals surface area contributed by atoms with Crippen LogP contribution in [0, 0.1) is 5.92 Å². The highest BCUT2D eigenvalue weighted by molar-refractivity contribution is 14.0. The van der Waals surface area contributed by atoms with Gasteiger partial charge in [-0.05, 0) is 19.3 Å². The average molecular weight is 474 g/mol. The molecule has 146 valence electrons. The lowest BCUT2D eigenvalue weighted by atomic mass is 9.88. The van der Waals surface area contributed by atoms with Crippen LogP contribution in [0.1, 0.15) is 44.1 Å². The molecular formula is C18H31IN6O. The summed E-state index contributed by atoms with van der Waals surface area (Å²) in [7, 11) is 3.69. The summed E-state index contributed by atoms with van der Waals surface area (Å²) in [5.74, 6) is 1.40. The van der Waals surface area contributed by atoms with Crippen molar-refractivity contribution >= 4 is 35.8 Å². The largest absolute Gasteiger partial charge is 0.352 e. The summed E-state index contributed by atoms with van der Waals surface area (Å²) in [6.07, 6.45) is 10.6. The molecule has 1 aromatic heterocycles. The number of aryl methyl sites for hydroxylation is 1. The fraction of sp³-hybridized carbons (Fsp3) is 0.722. The molecule has 0 bridgehead atoms. The van der Waals surface area contributed by atoms with Crippen LogP contribution in [-0.4, -0.2) is 52.7 Å². The molecule has 1 atom stereocenters. The minimum atomic E-state index is 0. The van der Waals surface area contributed by atoms with Crippen molar-refractivity contribution in [2.45, 2.75) is 51.1 Å². The Hall–Kier alpha value is -1.32. The summed E-state index contributed by atoms with van der Waals surface area (Å²) in [6.45, 7) is 2.32. The van der Waals surface area contributed by atoms with Gasteiger partial charge in [-0.2, -0.15) is 5.10 Å². The maximum absolute atomic E-state index is 12.7. The third-order valence-electron chi connectivity index (χ3n) is 5.24. The Balaban J connectivity index is 0.00000243. The Morgan fingerprint density at radius 3 is 2.73 bits per heavy atom. The molecule has 3 rings (SSSR count). The number of aliphatic imine (C=N–C) groups is 1. The zero-order valence-electron chi connectivity index (χ0n) is 15.8. The summed E-state index contributed by atoms with van der Waals surface area (Å²) in [6, 6.07) is 0.271. The molecule has 1 amide bonds. The Morgan fingerprint density at radius 2 is 2.08 bits per heavy atom. The Kier molecular flexibility index (Phi) is 8.17. The minimum absolute atomic E-state index is 0. The molecule has 1 aliphatic carbocycles. The number of nitrogens with zero attached hydrogens (tertiary/aromatic N) is 4. The first kappa shape index (κ1) is 21.0. The lowest BCUT2D eigenvalue weighted by Crippen LogP contribution is -2.45. The summed E-state index contributed by atoms with van der Waals surface area (Å²) >= 11 is 0. The van der Waals surface area contributed by atoms with Crippen molar-refractivity contribution in [2.24, 2.45) is 18.0 Å². The number of likely N-dealkylation sites (tertiary alicyclic amines) is 1. The van der Waals surface area contributed by atoms with Crippen LogP contribution in [0.5, 0.6) is 0 Å². The number of carbonyl (C=O) groups excluding carboxylic acids is 1. The van der Waals surface area contributed by atoms with Gasteiger partial charge in [0, 0.05) is 57.4 Å². The van der Waals surface area contributed by atoms with Crippen LogP contribution in [0.15, 0.2) is 17.4 Å². The zero-order chi connectivity index (χ0) is 17.6. The quantitative estimate of drug-likeness (QED) is 0.397. The smallest absolute Gasteiger partial charge is 0.225 e. The first-order chi connectivity index (χ1) is 12.2. The maximum atomic E-state index is 12.7. The van der Waals surface area contributed by atoms with Gasteiger partial charge in [0.1, 0.15) is 0 Å². The second-order valence-corrected chi connectivity index (χ2v) is 7.20. The van der Waals surface area contributed by atoms with Crippen molar-refractivity contribution < 1.29 is 4.79 Å². The molecule has 0 spiro atoms. The number of hydrogen-bond acceptors (Lipinski definition) is 3. The maximum Gasteiger partial charge on any atom is 0.225 e. The molecule has 8 heteroatoms. The molecule has 1 saturated heterocycles. The van der Waals surface area contributed by atoms with E-state index in [0.29, 0.717) is 12.5 Å². The standard InChI is InChI=1S/C18H30N6O.HI/c1-19-18(20-10-14-11-21-23(2)12-14)22-16-8-9-24(13-16)17(25)15-6-4-3-5-7-15;/h11-12,15-16H,3-10,13H2,1-2H3,(H2,19,20,22);1H. The van der Waals surface area contributed by atoms with Crippen LogP contribution >= 0.6 is 24.0 Å². The van der Waals surface area contributed by atoms with Crippen molar-refractivity contribution in [1.29, 1.82) is 0 Å². The summed E-state index contributed by atoms with van der Waals surface area (Å²) in [5, 5.41) is 10.9. The summed E-state index contributed by atoms with van der Waals surface area (Å²) in [5.41, 5.74) is 1.12. The van der Waals surface area contributed by atoms with Crippen molar-refractivity contribution in [2.75, 3.05) is 20.1 Å². The van der Waals surface area contributed by atoms with Crippen molar-refractivity contribution in [3.8, 4) is 0 Å². The second-order valence-electron chi connectivity index (χ2n) is 7.20. The van der Waals surface area contributed by atoms with Crippen molar-refractivity contribution in [1.82, 2.24) is 25.3 Å². The van der Waals surface area contributed by atoms with Gasteiger partial charge in [-0.15, -0.1) is 24.0 Å². The third kappa shape index (κ3) is 5.59. The molecule has 2 N–H and O–H groups in total. The normalized spacial score (nSPS) is 21.4. The van der Waals surface area contributed by atoms with Crippen LogP contribution in [0.3, 0.4) is 0 Å². The van der Waals surface area contributed by atoms with Gasteiger partial charge in [-0.25, -0.2) is 0 Å². The van der Waals surface area contributed by atoms with Crippen molar-refractivity contribution in [3.05, 3.63) is 18.0 Å². The lowest BCUT2D eigenvalue weighted by Gasteiger charge is -2.26. The highest BCUT2D eigenvalue weighted by Crippen LogP contribution is 2.26. The predicted molar refractivity (Wildman–Crippen MR) is 114 cm³/mol. The van der Waals surface area contributed by atoms with Gasteiger partial charge in [-0.1, -0.05) is 19.3 Å². The Bertz CT molecular complexity index is 611. The number of amides is 1. The molecule has 0 radical (unpaired) electrons. The van der Waals surface area contributed by atoms with Crippen molar-refractivity contribution in [3.63, 3.8) is 0 Å². The van der Waals surface area contributed by atoms with E-state index in [1.54, 1.807) is 11.7 Å². The molecule has 1 saturated carbocycles. The summed E-state index contributed by atoms with van der Waals surface area (Å²) < 4.78 is 1.79. The molecule has 1 aromatic rings. The van der Waals surface area contributed by atoms with E-state index in [1.807, 2.05) is 24.3 Å². The van der Waals surface area contributed by atoms with Crippen LogP contribution in [-0.2, 0) is 18.4 Å². The molecule has 2 fully saturated rings. The SMILES string of the molecule is CN=C(NCc1cnn(C)c1)NC1CCN(C(=O)C2CCCCC2)C1.I. The molecule has 7 nitrogen and oxygen atoms in total. The van der Waals surface area contributed by atoms with E-state index in [0.717, 1.165) is 43.9 Å². The highest BCUT2D eigenvalue weighted by Gasteiger charge is 2.31. The number of aromatic nitrogens is 2. The number of guanidine groups is 1. The highest BCUT2D eigenvalue weighted by atomic mass is 127. The Labute approximate surface area is 173 Å². The van der Waals surface area contributed by atoms with E-state index >= 15 is 0 Å². The second kappa shape index (κ2) is 10.1. The van der Waals surface area contributed by atoms with Gasteiger partial charge >= 0.3 is 0 Å². The first-order valence-electron chi connectivity index (χ1n) is 9.39. The first-order valence-corrected chi connectivity index (χ1v) is 9.39. The molecule has 1 unspecified atom stereocenters. The van der Waals surface area contributed by atoms with Gasteiger partial charge in [0.15, 0.2) is 5.96 Å². The van der Waals surface area contributed by atoms with Crippen LogP contribution in [0.2, 0.25) is 0 Å². The molecule has 1 aliphatic heterocycles. The van der Waals surface area contributed by atoms with Gasteiger partial charge in [0.25, 0.3) is 0 Å². The number of nitrogens with one attached hydrogen (secondary N) is 2. The third-order valence-corrected chi connectivity index (χ3v) is 5.24. The molecular weight excluding hydrogens is 443 g/mol. The van der Waals surface area contributed by atoms with E-state index in [-0.39, 0.29) is 35.9 Å². The van der Waals surface area contributed by atoms with Gasteiger partial charge in [0.2, 0.25) is 5.91 Å². The van der Waals surface area contributed by atoms with E-state index in [9.17, 15) is 4.79 Å². The predicted octanol–water partition coefficient (Wildman–Crippen LogP) is 1.88. The van der Waals surface area contributed by atoms with E-state index < -0.39 is 0 Å². The van der Waals surface area contributed by atoms with E-state index in [1.165, 1.54) is 19.3 Å². The Morgan fingerprint density at radius 1 is 1.31 bits per heavy atom. The topological polar surface area (TPSA) is 74.6 Å². The van der Waals surface area contributed by atoms with E-state index in [2.05, 4.69) is 20.7 Å². The van der Waals surface area contributed by atoms with Crippen LogP contribution < -0.4 is 10.6 Å². The monoisotopic (exact) mass is 474 g/mol. The van der Waals surface area contributed by atoms with Gasteiger partial charge in [0.05, 0.1) is 6.20 Å². The van der Waals surface area contributed by atoms with Crippen LogP contribution in [0.25, 0.3) is 0 Å². The summed E-state index contributed by atoms with van der Waals surface area (Å²) in [4.78, 5) is 19.0. The number of rotatable bonds is 4. The fourth-order valence-electron chi connectivity index (χ4n) is 3.82. The van der Waals surface area contributed by atoms with Crippen LogP contribution in [0.4, 0.5) is 0 Å². The molecule has 0 aromatic carbocycles. The average Bonchev–Trinajstić information content (AvgIpc) is 3.27. The number of hydrogen-bond donors (Lipinski definition) is 2. The number of carbonyl (C=O) groups is 1. The van der Waals surface area contributed by atoms with E-state index in [4.69, 9.17) is 0 Å². The fourth-order valence-corrected chi connectivity index (χ4v) is 3.82. The zero-order valence-corrected chi connectivity index (χ0v) is 18.1. The lowest BCUT2D eigenvalue weighted by molar-refractivity contribution is -0.135. The molecule has 2 heterocycles. The molecule has 26 heavy (non-hydrogen) atoms. The number of halogens is 1. The molecule has 2 aliphatic rings. The van der Waals surface area contributed by atoms with Gasteiger partial charge < -0.3 is 15.5 Å². The van der Waals surface area contributed by atoms with Gasteiger partial charge in [-0.3, -0.25) is 14.5 Å².